The molecule has 1 atom stereocenters. The third kappa shape index (κ3) is 4.98. The second-order valence-electron chi connectivity index (χ2n) is 8.32. The van der Waals surface area contributed by atoms with Gasteiger partial charge in [-0.25, -0.2) is 18.4 Å². The van der Waals surface area contributed by atoms with E-state index in [1.165, 1.54) is 5.56 Å². The highest BCUT2D eigenvalue weighted by Gasteiger charge is 2.19. The lowest BCUT2D eigenvalue weighted by Gasteiger charge is -2.15. The van der Waals surface area contributed by atoms with E-state index in [1.807, 2.05) is 44.2 Å². The van der Waals surface area contributed by atoms with Crippen LogP contribution in [0.3, 0.4) is 0 Å². The Morgan fingerprint density at radius 3 is 2.09 bits per heavy atom. The maximum absolute atomic E-state index is 13.2. The molecule has 33 heavy (non-hydrogen) atoms. The largest absolute Gasteiger partial charge is 0.337 e. The predicted molar refractivity (Wildman–Crippen MR) is 135 cm³/mol. The fraction of sp³-hybridized carbons (Fsp3) is 0.231. The van der Waals surface area contributed by atoms with E-state index in [0.29, 0.717) is 22.8 Å². The first-order valence-electron chi connectivity index (χ1n) is 11.0. The Bertz CT molecular complexity index is 1400. The highest BCUT2D eigenvalue weighted by Crippen LogP contribution is 2.28. The summed E-state index contributed by atoms with van der Waals surface area (Å²) in [7, 11) is -3.85. The Labute approximate surface area is 195 Å². The number of anilines is 3. The van der Waals surface area contributed by atoms with Crippen LogP contribution in [0.15, 0.2) is 71.6 Å². The van der Waals surface area contributed by atoms with Gasteiger partial charge in [-0.2, -0.15) is 0 Å². The van der Waals surface area contributed by atoms with Crippen LogP contribution in [-0.2, 0) is 10.0 Å². The number of aromatic nitrogens is 2. The highest BCUT2D eigenvalue weighted by molar-refractivity contribution is 7.92. The van der Waals surface area contributed by atoms with Crippen molar-refractivity contribution in [1.29, 1.82) is 0 Å². The Hall–Kier alpha value is -3.45. The van der Waals surface area contributed by atoms with Crippen molar-refractivity contribution in [2.45, 2.75) is 44.9 Å². The van der Waals surface area contributed by atoms with Gasteiger partial charge in [-0.15, -0.1) is 0 Å². The van der Waals surface area contributed by atoms with Crippen LogP contribution in [-0.4, -0.2) is 18.4 Å². The minimum Gasteiger partial charge on any atom is -0.337 e. The number of aryl methyl sites for hydroxylation is 2. The zero-order chi connectivity index (χ0) is 23.6. The van der Waals surface area contributed by atoms with Crippen molar-refractivity contribution in [3.63, 3.8) is 0 Å². The van der Waals surface area contributed by atoms with Crippen LogP contribution in [0.4, 0.5) is 17.3 Å². The van der Waals surface area contributed by atoms with Crippen molar-refractivity contribution in [1.82, 2.24) is 9.97 Å². The fourth-order valence-corrected chi connectivity index (χ4v) is 4.59. The van der Waals surface area contributed by atoms with Gasteiger partial charge in [0.25, 0.3) is 10.0 Å². The summed E-state index contributed by atoms with van der Waals surface area (Å²) >= 11 is 0. The van der Waals surface area contributed by atoms with Gasteiger partial charge in [0.2, 0.25) is 0 Å². The van der Waals surface area contributed by atoms with Crippen molar-refractivity contribution in [3.05, 3.63) is 83.4 Å². The standard InChI is InChI=1S/C26H28N4O2S/c1-5-17(2)20-11-13-21(14-12-20)27-25-26(29-24-9-7-6-8-23(24)28-25)30-33(31,32)22-15-10-18(3)19(4)16-22/h6-17H,5H2,1-4H3,(H,27,28)(H,29,30)/t17-/m1/s1. The first-order valence-corrected chi connectivity index (χ1v) is 12.5. The number of hydrogen-bond acceptors (Lipinski definition) is 5. The van der Waals surface area contributed by atoms with Crippen LogP contribution >= 0.6 is 0 Å². The zero-order valence-electron chi connectivity index (χ0n) is 19.3. The van der Waals surface area contributed by atoms with Gasteiger partial charge >= 0.3 is 0 Å². The minimum atomic E-state index is -3.85. The van der Waals surface area contributed by atoms with Gasteiger partial charge in [-0.05, 0) is 79.3 Å². The summed E-state index contributed by atoms with van der Waals surface area (Å²) in [5.41, 5.74) is 5.27. The molecule has 170 valence electrons. The first-order chi connectivity index (χ1) is 15.8. The average Bonchev–Trinajstić information content (AvgIpc) is 2.81. The van der Waals surface area contributed by atoms with Crippen molar-refractivity contribution >= 4 is 38.4 Å². The number of nitrogens with one attached hydrogen (secondary N) is 2. The van der Waals surface area contributed by atoms with Crippen molar-refractivity contribution in [2.24, 2.45) is 0 Å². The summed E-state index contributed by atoms with van der Waals surface area (Å²) in [6.45, 7) is 8.19. The first kappa shape index (κ1) is 22.7. The maximum Gasteiger partial charge on any atom is 0.263 e. The molecule has 2 N–H and O–H groups in total. The van der Waals surface area contributed by atoms with Gasteiger partial charge in [0.15, 0.2) is 11.6 Å². The molecule has 0 saturated heterocycles. The lowest BCUT2D eigenvalue weighted by molar-refractivity contribution is 0.601. The molecule has 0 bridgehead atoms. The van der Waals surface area contributed by atoms with Crippen LogP contribution in [0.1, 0.15) is 42.9 Å². The molecule has 4 rings (SSSR count). The van der Waals surface area contributed by atoms with Crippen LogP contribution in [0.2, 0.25) is 0 Å². The number of fused-ring (bicyclic) bond motifs is 1. The van der Waals surface area contributed by atoms with Gasteiger partial charge in [0, 0.05) is 5.69 Å². The number of sulfonamides is 1. The third-order valence-corrected chi connectivity index (χ3v) is 7.28. The molecule has 6 nitrogen and oxygen atoms in total. The molecule has 1 heterocycles. The van der Waals surface area contributed by atoms with Gasteiger partial charge in [0.05, 0.1) is 15.9 Å². The summed E-state index contributed by atoms with van der Waals surface area (Å²) in [6.07, 6.45) is 1.06. The van der Waals surface area contributed by atoms with Crippen LogP contribution < -0.4 is 10.0 Å². The van der Waals surface area contributed by atoms with E-state index in [-0.39, 0.29) is 10.7 Å². The Morgan fingerprint density at radius 2 is 1.48 bits per heavy atom. The van der Waals surface area contributed by atoms with Crippen LogP contribution in [0.25, 0.3) is 11.0 Å². The molecule has 0 aliphatic rings. The smallest absolute Gasteiger partial charge is 0.263 e. The quantitative estimate of drug-likeness (QED) is 0.338. The average molecular weight is 461 g/mol. The molecule has 3 aromatic carbocycles. The lowest BCUT2D eigenvalue weighted by atomic mass is 9.99. The van der Waals surface area contributed by atoms with E-state index < -0.39 is 10.0 Å². The summed E-state index contributed by atoms with van der Waals surface area (Å²) in [5, 5.41) is 3.24. The molecule has 4 aromatic rings. The highest BCUT2D eigenvalue weighted by atomic mass is 32.2. The number of benzene rings is 3. The molecule has 0 saturated carbocycles. The summed E-state index contributed by atoms with van der Waals surface area (Å²) in [5.74, 6) is 0.968. The second-order valence-corrected chi connectivity index (χ2v) is 10.00. The van der Waals surface area contributed by atoms with Gasteiger partial charge < -0.3 is 5.32 Å². The Balaban J connectivity index is 1.72. The summed E-state index contributed by atoms with van der Waals surface area (Å²) < 4.78 is 28.9. The predicted octanol–water partition coefficient (Wildman–Crippen LogP) is 6.30. The van der Waals surface area contributed by atoms with Gasteiger partial charge in [-0.1, -0.05) is 44.2 Å². The van der Waals surface area contributed by atoms with Crippen molar-refractivity contribution in [3.8, 4) is 0 Å². The molecule has 0 radical (unpaired) electrons. The Kier molecular flexibility index (Phi) is 6.33. The van der Waals surface area contributed by atoms with Gasteiger partial charge in [-0.3, -0.25) is 4.72 Å². The van der Waals surface area contributed by atoms with Crippen LogP contribution in [0, 0.1) is 13.8 Å². The van der Waals surface area contributed by atoms with Crippen molar-refractivity contribution < 1.29 is 8.42 Å². The molecular weight excluding hydrogens is 432 g/mol. The summed E-state index contributed by atoms with van der Waals surface area (Å²) in [6, 6.07) is 20.5. The molecule has 0 aliphatic carbocycles. The lowest BCUT2D eigenvalue weighted by Crippen LogP contribution is -2.16. The van der Waals surface area contributed by atoms with E-state index in [2.05, 4.69) is 46.0 Å². The Morgan fingerprint density at radius 1 is 0.848 bits per heavy atom. The molecule has 1 aromatic heterocycles. The van der Waals surface area contributed by atoms with E-state index in [1.54, 1.807) is 24.3 Å². The zero-order valence-corrected chi connectivity index (χ0v) is 20.1. The van der Waals surface area contributed by atoms with Gasteiger partial charge in [0.1, 0.15) is 0 Å². The number of hydrogen-bond donors (Lipinski definition) is 2. The van der Waals surface area contributed by atoms with E-state index in [0.717, 1.165) is 23.2 Å². The third-order valence-electron chi connectivity index (χ3n) is 5.95. The molecule has 0 aliphatic heterocycles. The number of para-hydroxylation sites is 2. The maximum atomic E-state index is 13.2. The van der Waals surface area contributed by atoms with Crippen molar-refractivity contribution in [2.75, 3.05) is 10.0 Å². The van der Waals surface area contributed by atoms with E-state index in [9.17, 15) is 8.42 Å². The SMILES string of the molecule is CC[C@@H](C)c1ccc(Nc2nc3ccccc3nc2NS(=O)(=O)c2ccc(C)c(C)c2)cc1. The number of nitrogens with zero attached hydrogens (tertiary/aromatic N) is 2. The van der Waals surface area contributed by atoms with E-state index in [4.69, 9.17) is 0 Å². The molecule has 0 amide bonds. The molecule has 0 unspecified atom stereocenters. The number of rotatable bonds is 7. The molecule has 7 heteroatoms. The fourth-order valence-electron chi connectivity index (χ4n) is 3.49. The minimum absolute atomic E-state index is 0.151. The topological polar surface area (TPSA) is 84.0 Å². The molecular formula is C26H28N4O2S. The molecule has 0 spiro atoms. The normalized spacial score (nSPS) is 12.5. The van der Waals surface area contributed by atoms with E-state index >= 15 is 0 Å². The van der Waals surface area contributed by atoms with Crippen LogP contribution in [0.5, 0.6) is 0 Å². The second kappa shape index (κ2) is 9.19. The molecule has 0 fully saturated rings. The summed E-state index contributed by atoms with van der Waals surface area (Å²) in [4.78, 5) is 9.40. The monoisotopic (exact) mass is 460 g/mol.